The van der Waals surface area contributed by atoms with Crippen molar-refractivity contribution in [3.05, 3.63) is 75.6 Å². The molecule has 2 N–H and O–H groups in total. The summed E-state index contributed by atoms with van der Waals surface area (Å²) < 4.78 is 26.2. The second-order valence-corrected chi connectivity index (χ2v) is 9.92. The summed E-state index contributed by atoms with van der Waals surface area (Å²) in [6, 6.07) is 11.0. The van der Waals surface area contributed by atoms with Gasteiger partial charge in [0, 0.05) is 10.7 Å². The molecule has 4 amide bonds. The van der Waals surface area contributed by atoms with Crippen molar-refractivity contribution >= 4 is 62.2 Å². The first-order chi connectivity index (χ1) is 14.7. The van der Waals surface area contributed by atoms with Crippen LogP contribution in [0.2, 0.25) is 5.02 Å². The number of anilines is 2. The third-order valence-electron chi connectivity index (χ3n) is 4.53. The zero-order valence-corrected chi connectivity index (χ0v) is 18.3. The number of nitrogens with one attached hydrogen (secondary N) is 2. The highest BCUT2D eigenvalue weighted by Crippen LogP contribution is 2.33. The number of carbonyl (C=O) groups excluding carboxylic acids is 3. The van der Waals surface area contributed by atoms with E-state index in [4.69, 9.17) is 11.6 Å². The smallest absolute Gasteiger partial charge is 0.307 e. The molecule has 0 bridgehead atoms. The molecule has 8 nitrogen and oxygen atoms in total. The van der Waals surface area contributed by atoms with Gasteiger partial charge in [0.1, 0.15) is 4.21 Å². The molecule has 0 atom stereocenters. The Balaban J connectivity index is 1.53. The number of fused-ring (bicyclic) bond motifs is 1. The maximum atomic E-state index is 12.7. The van der Waals surface area contributed by atoms with Crippen LogP contribution in [0.25, 0.3) is 0 Å². The lowest BCUT2D eigenvalue weighted by molar-refractivity contribution is 0.0925. The number of benzene rings is 2. The largest absolute Gasteiger partial charge is 0.333 e. The first-order valence-electron chi connectivity index (χ1n) is 8.83. The molecule has 0 spiro atoms. The van der Waals surface area contributed by atoms with Gasteiger partial charge in [-0.1, -0.05) is 17.7 Å². The zero-order chi connectivity index (χ0) is 22.3. The number of carbonyl (C=O) groups is 3. The van der Waals surface area contributed by atoms with Crippen LogP contribution < -0.4 is 14.9 Å². The molecule has 1 aliphatic heterocycles. The van der Waals surface area contributed by atoms with E-state index in [0.717, 1.165) is 16.2 Å². The number of halogens is 1. The number of aryl methyl sites for hydroxylation is 1. The molecule has 31 heavy (non-hydrogen) atoms. The van der Waals surface area contributed by atoms with Crippen molar-refractivity contribution < 1.29 is 22.8 Å². The zero-order valence-electron chi connectivity index (χ0n) is 15.9. The lowest BCUT2D eigenvalue weighted by Gasteiger charge is -2.17. The third kappa shape index (κ3) is 3.92. The summed E-state index contributed by atoms with van der Waals surface area (Å²) >= 11 is 6.92. The normalized spacial score (nSPS) is 13.3. The Kier molecular flexibility index (Phi) is 5.29. The Morgan fingerprint density at radius 3 is 2.45 bits per heavy atom. The van der Waals surface area contributed by atoms with Crippen LogP contribution in [0.5, 0.6) is 0 Å². The standard InChI is InChI=1S/C20H14ClN3O5S2/c1-11-9-13(22-20(27)23-31(28,29)17-3-2-8-30-17)5-7-16(11)24-18(25)14-6-4-12(21)10-15(14)19(24)26/h2-10H,1H3,(H2,22,23,27). The number of amides is 4. The van der Waals surface area contributed by atoms with E-state index >= 15 is 0 Å². The fraction of sp³-hybridized carbons (Fsp3) is 0.0500. The van der Waals surface area contributed by atoms with Gasteiger partial charge in [-0.2, -0.15) is 0 Å². The highest BCUT2D eigenvalue weighted by molar-refractivity contribution is 7.92. The van der Waals surface area contributed by atoms with Crippen LogP contribution in [0.3, 0.4) is 0 Å². The first kappa shape index (κ1) is 21.0. The minimum absolute atomic E-state index is 0.0138. The molecule has 158 valence electrons. The van der Waals surface area contributed by atoms with E-state index in [0.29, 0.717) is 22.0 Å². The van der Waals surface area contributed by atoms with Gasteiger partial charge in [-0.3, -0.25) is 9.59 Å². The fourth-order valence-electron chi connectivity index (χ4n) is 3.16. The number of nitrogens with zero attached hydrogens (tertiary/aromatic N) is 1. The van der Waals surface area contributed by atoms with Crippen LogP contribution in [-0.4, -0.2) is 26.3 Å². The summed E-state index contributed by atoms with van der Waals surface area (Å²) in [4.78, 5) is 38.6. The van der Waals surface area contributed by atoms with Crippen LogP contribution in [0, 0.1) is 6.92 Å². The van der Waals surface area contributed by atoms with Gasteiger partial charge in [0.25, 0.3) is 21.8 Å². The topological polar surface area (TPSA) is 113 Å². The predicted molar refractivity (Wildman–Crippen MR) is 117 cm³/mol. The minimum Gasteiger partial charge on any atom is -0.307 e. The highest BCUT2D eigenvalue weighted by Gasteiger charge is 2.37. The predicted octanol–water partition coefficient (Wildman–Crippen LogP) is 4.02. The number of urea groups is 1. The molecule has 0 radical (unpaired) electrons. The van der Waals surface area contributed by atoms with Gasteiger partial charge in [0.05, 0.1) is 16.8 Å². The lowest BCUT2D eigenvalue weighted by atomic mass is 10.1. The van der Waals surface area contributed by atoms with Crippen LogP contribution >= 0.6 is 22.9 Å². The molecular weight excluding hydrogens is 462 g/mol. The fourth-order valence-corrected chi connectivity index (χ4v) is 5.23. The van der Waals surface area contributed by atoms with Crippen molar-refractivity contribution in [2.75, 3.05) is 10.2 Å². The van der Waals surface area contributed by atoms with Crippen molar-refractivity contribution in [1.82, 2.24) is 4.72 Å². The van der Waals surface area contributed by atoms with Gasteiger partial charge in [0.2, 0.25) is 0 Å². The van der Waals surface area contributed by atoms with Gasteiger partial charge in [-0.05, 0) is 60.3 Å². The minimum atomic E-state index is -3.97. The highest BCUT2D eigenvalue weighted by atomic mass is 35.5. The van der Waals surface area contributed by atoms with Crippen molar-refractivity contribution in [3.63, 3.8) is 0 Å². The lowest BCUT2D eigenvalue weighted by Crippen LogP contribution is -2.34. The molecule has 3 aromatic rings. The van der Waals surface area contributed by atoms with E-state index in [1.807, 2.05) is 4.72 Å². The quantitative estimate of drug-likeness (QED) is 0.553. The van der Waals surface area contributed by atoms with Gasteiger partial charge in [0.15, 0.2) is 0 Å². The van der Waals surface area contributed by atoms with E-state index in [2.05, 4.69) is 5.32 Å². The molecule has 11 heteroatoms. The summed E-state index contributed by atoms with van der Waals surface area (Å²) in [6.07, 6.45) is 0. The molecule has 0 fully saturated rings. The number of hydrogen-bond acceptors (Lipinski definition) is 6. The molecule has 2 aromatic carbocycles. The molecule has 0 aliphatic carbocycles. The second kappa shape index (κ2) is 7.80. The Bertz CT molecular complexity index is 1340. The summed E-state index contributed by atoms with van der Waals surface area (Å²) in [5.74, 6) is -0.966. The molecule has 1 aromatic heterocycles. The van der Waals surface area contributed by atoms with Crippen molar-refractivity contribution in [2.45, 2.75) is 11.1 Å². The van der Waals surface area contributed by atoms with Crippen molar-refractivity contribution in [2.24, 2.45) is 0 Å². The van der Waals surface area contributed by atoms with Gasteiger partial charge in [-0.25, -0.2) is 22.8 Å². The summed E-state index contributed by atoms with van der Waals surface area (Å²) in [7, 11) is -3.97. The molecule has 0 saturated carbocycles. The molecule has 4 rings (SSSR count). The third-order valence-corrected chi connectivity index (χ3v) is 7.49. The monoisotopic (exact) mass is 475 g/mol. The van der Waals surface area contributed by atoms with E-state index < -0.39 is 27.9 Å². The molecule has 2 heterocycles. The maximum absolute atomic E-state index is 12.7. The Labute approximate surface area is 186 Å². The molecule has 1 aliphatic rings. The van der Waals surface area contributed by atoms with Gasteiger partial charge in [-0.15, -0.1) is 11.3 Å². The van der Waals surface area contributed by atoms with Crippen LogP contribution in [0.4, 0.5) is 16.2 Å². The number of hydrogen-bond donors (Lipinski definition) is 2. The van der Waals surface area contributed by atoms with Crippen LogP contribution in [0.1, 0.15) is 26.3 Å². The number of thiophene rings is 1. The number of sulfonamides is 1. The molecule has 0 saturated heterocycles. The van der Waals surface area contributed by atoms with Gasteiger partial charge >= 0.3 is 6.03 Å². The summed E-state index contributed by atoms with van der Waals surface area (Å²) in [5.41, 5.74) is 1.64. The Morgan fingerprint density at radius 2 is 1.77 bits per heavy atom. The number of imide groups is 1. The van der Waals surface area contributed by atoms with Crippen molar-refractivity contribution in [1.29, 1.82) is 0 Å². The second-order valence-electron chi connectivity index (χ2n) is 6.63. The van der Waals surface area contributed by atoms with Crippen molar-refractivity contribution in [3.8, 4) is 0 Å². The van der Waals surface area contributed by atoms with E-state index in [1.54, 1.807) is 18.4 Å². The first-order valence-corrected chi connectivity index (χ1v) is 11.6. The maximum Gasteiger partial charge on any atom is 0.333 e. The number of rotatable bonds is 4. The Morgan fingerprint density at radius 1 is 1.03 bits per heavy atom. The van der Waals surface area contributed by atoms with Crippen LogP contribution in [0.15, 0.2) is 58.1 Å². The Hall–Kier alpha value is -3.21. The summed E-state index contributed by atoms with van der Waals surface area (Å²) in [5, 5.41) is 4.37. The molecular formula is C20H14ClN3O5S2. The van der Waals surface area contributed by atoms with Crippen LogP contribution in [-0.2, 0) is 10.0 Å². The van der Waals surface area contributed by atoms with E-state index in [9.17, 15) is 22.8 Å². The summed E-state index contributed by atoms with van der Waals surface area (Å²) in [6.45, 7) is 1.66. The van der Waals surface area contributed by atoms with Gasteiger partial charge < -0.3 is 5.32 Å². The molecule has 0 unspecified atom stereocenters. The van der Waals surface area contributed by atoms with E-state index in [-0.39, 0.29) is 15.3 Å². The van der Waals surface area contributed by atoms with E-state index in [1.165, 1.54) is 42.5 Å². The SMILES string of the molecule is Cc1cc(NC(=O)NS(=O)(=O)c2cccs2)ccc1N1C(=O)c2ccc(Cl)cc2C1=O. The average Bonchev–Trinajstić information content (AvgIpc) is 3.31. The average molecular weight is 476 g/mol.